The van der Waals surface area contributed by atoms with Crippen LogP contribution < -0.4 is 10.1 Å². The van der Waals surface area contributed by atoms with Crippen molar-refractivity contribution in [3.63, 3.8) is 0 Å². The molecule has 0 atom stereocenters. The summed E-state index contributed by atoms with van der Waals surface area (Å²) in [4.78, 5) is 0. The SMILES string of the molecule is CCNCc1cnn(Cc2cccc(OC)c2F)c1. The van der Waals surface area contributed by atoms with Crippen LogP contribution in [0.3, 0.4) is 0 Å². The standard InChI is InChI=1S/C14H18FN3O/c1-3-16-7-11-8-17-18(9-11)10-12-5-4-6-13(19-2)14(12)15/h4-6,8-9,16H,3,7,10H2,1-2H3. The van der Waals surface area contributed by atoms with Crippen molar-refractivity contribution in [3.05, 3.63) is 47.5 Å². The molecule has 2 rings (SSSR count). The van der Waals surface area contributed by atoms with E-state index in [0.717, 1.165) is 18.7 Å². The van der Waals surface area contributed by atoms with Gasteiger partial charge in [-0.1, -0.05) is 19.1 Å². The predicted molar refractivity (Wildman–Crippen MR) is 71.7 cm³/mol. The number of benzene rings is 1. The molecule has 0 aliphatic carbocycles. The third-order valence-electron chi connectivity index (χ3n) is 2.86. The number of aromatic nitrogens is 2. The van der Waals surface area contributed by atoms with Crippen LogP contribution in [0.4, 0.5) is 4.39 Å². The number of nitrogens with one attached hydrogen (secondary N) is 1. The van der Waals surface area contributed by atoms with Crippen LogP contribution in [0.2, 0.25) is 0 Å². The first-order valence-electron chi connectivity index (χ1n) is 6.28. The van der Waals surface area contributed by atoms with Crippen LogP contribution in [0.15, 0.2) is 30.6 Å². The van der Waals surface area contributed by atoms with Gasteiger partial charge >= 0.3 is 0 Å². The molecule has 0 aliphatic heterocycles. The Hall–Kier alpha value is -1.88. The van der Waals surface area contributed by atoms with Gasteiger partial charge in [0, 0.05) is 23.9 Å². The molecular weight excluding hydrogens is 245 g/mol. The maximum atomic E-state index is 14.0. The molecule has 0 fully saturated rings. The minimum absolute atomic E-state index is 0.262. The topological polar surface area (TPSA) is 39.1 Å². The minimum atomic E-state index is -0.325. The second-order valence-electron chi connectivity index (χ2n) is 4.26. The van der Waals surface area contributed by atoms with Crippen molar-refractivity contribution in [2.45, 2.75) is 20.0 Å². The Morgan fingerprint density at radius 2 is 2.26 bits per heavy atom. The molecule has 1 heterocycles. The Labute approximate surface area is 112 Å². The lowest BCUT2D eigenvalue weighted by molar-refractivity contribution is 0.383. The van der Waals surface area contributed by atoms with Crippen LogP contribution in [-0.2, 0) is 13.1 Å². The quantitative estimate of drug-likeness (QED) is 0.868. The monoisotopic (exact) mass is 263 g/mol. The van der Waals surface area contributed by atoms with E-state index in [1.165, 1.54) is 7.11 Å². The molecule has 0 saturated heterocycles. The van der Waals surface area contributed by atoms with Crippen LogP contribution in [0, 0.1) is 5.82 Å². The highest BCUT2D eigenvalue weighted by atomic mass is 19.1. The zero-order valence-electron chi connectivity index (χ0n) is 11.2. The molecule has 1 N–H and O–H groups in total. The average molecular weight is 263 g/mol. The molecule has 0 saturated carbocycles. The average Bonchev–Trinajstić information content (AvgIpc) is 2.86. The van der Waals surface area contributed by atoms with E-state index in [4.69, 9.17) is 4.74 Å². The van der Waals surface area contributed by atoms with Crippen molar-refractivity contribution in [1.29, 1.82) is 0 Å². The fraction of sp³-hybridized carbons (Fsp3) is 0.357. The predicted octanol–water partition coefficient (Wildman–Crippen LogP) is 2.19. The molecule has 5 heteroatoms. The summed E-state index contributed by atoms with van der Waals surface area (Å²) in [7, 11) is 1.46. The maximum Gasteiger partial charge on any atom is 0.170 e. The van der Waals surface area contributed by atoms with Gasteiger partial charge in [-0.15, -0.1) is 0 Å². The highest BCUT2D eigenvalue weighted by Crippen LogP contribution is 2.20. The summed E-state index contributed by atoms with van der Waals surface area (Å²) < 4.78 is 20.7. The Balaban J connectivity index is 2.10. The molecule has 0 bridgehead atoms. The Morgan fingerprint density at radius 3 is 3.00 bits per heavy atom. The van der Waals surface area contributed by atoms with Gasteiger partial charge in [-0.25, -0.2) is 4.39 Å². The zero-order valence-corrected chi connectivity index (χ0v) is 11.2. The van der Waals surface area contributed by atoms with E-state index in [0.29, 0.717) is 12.1 Å². The summed E-state index contributed by atoms with van der Waals surface area (Å²) in [6.45, 7) is 4.14. The highest BCUT2D eigenvalue weighted by Gasteiger charge is 2.09. The molecule has 19 heavy (non-hydrogen) atoms. The second-order valence-corrected chi connectivity index (χ2v) is 4.26. The fourth-order valence-corrected chi connectivity index (χ4v) is 1.86. The number of hydrogen-bond donors (Lipinski definition) is 1. The summed E-state index contributed by atoms with van der Waals surface area (Å²) >= 11 is 0. The molecule has 0 spiro atoms. The molecule has 0 radical (unpaired) electrons. The first-order valence-corrected chi connectivity index (χ1v) is 6.28. The van der Waals surface area contributed by atoms with E-state index in [1.807, 2.05) is 6.20 Å². The number of methoxy groups -OCH3 is 1. The van der Waals surface area contributed by atoms with Crippen molar-refractivity contribution in [3.8, 4) is 5.75 Å². The van der Waals surface area contributed by atoms with E-state index in [9.17, 15) is 4.39 Å². The second kappa shape index (κ2) is 6.33. The molecule has 1 aromatic carbocycles. The van der Waals surface area contributed by atoms with Gasteiger partial charge in [-0.05, 0) is 12.6 Å². The molecular formula is C14H18FN3O. The van der Waals surface area contributed by atoms with Gasteiger partial charge in [-0.2, -0.15) is 5.10 Å². The Morgan fingerprint density at radius 1 is 1.42 bits per heavy atom. The molecule has 102 valence electrons. The maximum absolute atomic E-state index is 14.0. The van der Waals surface area contributed by atoms with E-state index < -0.39 is 0 Å². The molecule has 0 amide bonds. The van der Waals surface area contributed by atoms with Crippen molar-refractivity contribution in [2.75, 3.05) is 13.7 Å². The van der Waals surface area contributed by atoms with Gasteiger partial charge in [0.15, 0.2) is 11.6 Å². The van der Waals surface area contributed by atoms with Crippen molar-refractivity contribution in [1.82, 2.24) is 15.1 Å². The third kappa shape index (κ3) is 3.32. The van der Waals surface area contributed by atoms with Crippen LogP contribution in [0.25, 0.3) is 0 Å². The molecule has 0 unspecified atom stereocenters. The van der Waals surface area contributed by atoms with Gasteiger partial charge in [0.25, 0.3) is 0 Å². The lowest BCUT2D eigenvalue weighted by Crippen LogP contribution is -2.11. The highest BCUT2D eigenvalue weighted by molar-refractivity contribution is 5.31. The normalized spacial score (nSPS) is 10.7. The van der Waals surface area contributed by atoms with E-state index in [1.54, 1.807) is 29.1 Å². The molecule has 4 nitrogen and oxygen atoms in total. The van der Waals surface area contributed by atoms with Crippen molar-refractivity contribution >= 4 is 0 Å². The number of halogens is 1. The van der Waals surface area contributed by atoms with Crippen LogP contribution in [0.1, 0.15) is 18.1 Å². The number of nitrogens with zero attached hydrogens (tertiary/aromatic N) is 2. The smallest absolute Gasteiger partial charge is 0.170 e. The summed E-state index contributed by atoms with van der Waals surface area (Å²) in [6, 6.07) is 5.13. The van der Waals surface area contributed by atoms with Gasteiger partial charge in [-0.3, -0.25) is 4.68 Å². The fourth-order valence-electron chi connectivity index (χ4n) is 1.86. The number of hydrogen-bond acceptors (Lipinski definition) is 3. The molecule has 2 aromatic rings. The first-order chi connectivity index (χ1) is 9.24. The zero-order chi connectivity index (χ0) is 13.7. The van der Waals surface area contributed by atoms with E-state index >= 15 is 0 Å². The first kappa shape index (κ1) is 13.5. The van der Waals surface area contributed by atoms with Crippen molar-refractivity contribution < 1.29 is 9.13 Å². The molecule has 1 aromatic heterocycles. The number of ether oxygens (including phenoxy) is 1. The van der Waals surface area contributed by atoms with Crippen LogP contribution >= 0.6 is 0 Å². The Bertz CT molecular complexity index is 539. The van der Waals surface area contributed by atoms with Gasteiger partial charge in [0.2, 0.25) is 0 Å². The van der Waals surface area contributed by atoms with Gasteiger partial charge in [0.05, 0.1) is 19.9 Å². The lowest BCUT2D eigenvalue weighted by Gasteiger charge is -2.07. The van der Waals surface area contributed by atoms with Crippen molar-refractivity contribution in [2.24, 2.45) is 0 Å². The van der Waals surface area contributed by atoms with Gasteiger partial charge in [0.1, 0.15) is 0 Å². The Kier molecular flexibility index (Phi) is 4.52. The summed E-state index contributed by atoms with van der Waals surface area (Å²) in [5, 5.41) is 7.45. The summed E-state index contributed by atoms with van der Waals surface area (Å²) in [6.07, 6.45) is 3.71. The lowest BCUT2D eigenvalue weighted by atomic mass is 10.2. The summed E-state index contributed by atoms with van der Waals surface area (Å²) in [5.74, 6) is -0.0636. The van der Waals surface area contributed by atoms with Crippen LogP contribution in [-0.4, -0.2) is 23.4 Å². The summed E-state index contributed by atoms with van der Waals surface area (Å²) in [5.41, 5.74) is 1.66. The number of rotatable bonds is 6. The van der Waals surface area contributed by atoms with E-state index in [2.05, 4.69) is 17.3 Å². The van der Waals surface area contributed by atoms with E-state index in [-0.39, 0.29) is 11.6 Å². The minimum Gasteiger partial charge on any atom is -0.494 e. The third-order valence-corrected chi connectivity index (χ3v) is 2.86. The molecule has 0 aliphatic rings. The largest absolute Gasteiger partial charge is 0.494 e. The van der Waals surface area contributed by atoms with Crippen LogP contribution in [0.5, 0.6) is 5.75 Å². The van der Waals surface area contributed by atoms with Gasteiger partial charge < -0.3 is 10.1 Å².